The van der Waals surface area contributed by atoms with E-state index >= 15 is 0 Å². The minimum absolute atomic E-state index is 0.0712. The highest BCUT2D eigenvalue weighted by Crippen LogP contribution is 2.23. The summed E-state index contributed by atoms with van der Waals surface area (Å²) in [6.07, 6.45) is 1.91. The predicted molar refractivity (Wildman–Crippen MR) is 101 cm³/mol. The average Bonchev–Trinajstić information content (AvgIpc) is 2.56. The number of nitrogens with zero attached hydrogens (tertiary/aromatic N) is 2. The van der Waals surface area contributed by atoms with E-state index in [0.29, 0.717) is 0 Å². The van der Waals surface area contributed by atoms with Crippen molar-refractivity contribution in [3.63, 3.8) is 0 Å². The van der Waals surface area contributed by atoms with Gasteiger partial charge in [0.15, 0.2) is 0 Å². The lowest BCUT2D eigenvalue weighted by Crippen LogP contribution is -2.56. The zero-order valence-electron chi connectivity index (χ0n) is 14.2. The van der Waals surface area contributed by atoms with Crippen molar-refractivity contribution in [1.82, 2.24) is 0 Å². The third-order valence-corrected chi connectivity index (χ3v) is 6.75. The summed E-state index contributed by atoms with van der Waals surface area (Å²) >= 11 is 0. The van der Waals surface area contributed by atoms with Crippen LogP contribution in [0.4, 0.5) is 11.4 Å². The van der Waals surface area contributed by atoms with Crippen LogP contribution in [0.3, 0.4) is 0 Å². The van der Waals surface area contributed by atoms with Gasteiger partial charge in [-0.15, -0.1) is 0 Å². The first-order valence-corrected chi connectivity index (χ1v) is 9.58. The Labute approximate surface area is 144 Å². The Morgan fingerprint density at radius 1 is 0.792 bits per heavy atom. The molecular weight excluding hydrogens is 316 g/mol. The molecule has 0 spiro atoms. The molecule has 0 radical (unpaired) electrons. The highest BCUT2D eigenvalue weighted by molar-refractivity contribution is 6.78. The number of anilines is 2. The molecule has 2 amide bonds. The van der Waals surface area contributed by atoms with E-state index in [9.17, 15) is 9.59 Å². The van der Waals surface area contributed by atoms with Gasteiger partial charge in [-0.05, 0) is 31.2 Å². The number of allylic oxidation sites excluding steroid dienone is 1. The number of hydrogen-bond donors (Lipinski definition) is 0. The van der Waals surface area contributed by atoms with Crippen molar-refractivity contribution in [2.24, 2.45) is 0 Å². The predicted octanol–water partition coefficient (Wildman–Crippen LogP) is 3.43. The summed E-state index contributed by atoms with van der Waals surface area (Å²) in [7, 11) is -2.25. The van der Waals surface area contributed by atoms with Crippen LogP contribution in [0.15, 0.2) is 72.4 Å². The quantitative estimate of drug-likeness (QED) is 0.784. The van der Waals surface area contributed by atoms with Crippen LogP contribution in [0.25, 0.3) is 0 Å². The van der Waals surface area contributed by atoms with E-state index in [1.807, 2.05) is 79.4 Å². The fourth-order valence-electron chi connectivity index (χ4n) is 2.68. The lowest BCUT2D eigenvalue weighted by Gasteiger charge is -2.36. The molecule has 0 N–H and O–H groups in total. The number of benzene rings is 2. The van der Waals surface area contributed by atoms with Gasteiger partial charge in [-0.3, -0.25) is 9.59 Å². The Hall–Kier alpha value is -2.66. The number of rotatable bonds is 5. The van der Waals surface area contributed by atoms with Crippen LogP contribution in [-0.2, 0) is 9.59 Å². The zero-order valence-corrected chi connectivity index (χ0v) is 15.4. The second kappa shape index (κ2) is 8.26. The summed E-state index contributed by atoms with van der Waals surface area (Å²) < 4.78 is 3.52. The number of carbonyl (C=O) groups is 2. The maximum atomic E-state index is 12.4. The van der Waals surface area contributed by atoms with Gasteiger partial charge in [0.2, 0.25) is 11.8 Å². The molecule has 0 atom stereocenters. The van der Waals surface area contributed by atoms with E-state index in [0.717, 1.165) is 11.4 Å². The van der Waals surface area contributed by atoms with Gasteiger partial charge < -0.3 is 9.13 Å². The van der Waals surface area contributed by atoms with E-state index in [1.165, 1.54) is 0 Å². The second-order valence-corrected chi connectivity index (χ2v) is 7.63. The zero-order chi connectivity index (χ0) is 17.5. The summed E-state index contributed by atoms with van der Waals surface area (Å²) in [6, 6.07) is 19.0. The monoisotopic (exact) mass is 338 g/mol. The van der Waals surface area contributed by atoms with Gasteiger partial charge in [0.05, 0.1) is 0 Å². The molecule has 0 saturated carbocycles. The van der Waals surface area contributed by atoms with Crippen molar-refractivity contribution in [1.29, 1.82) is 0 Å². The summed E-state index contributed by atoms with van der Waals surface area (Å²) in [5.41, 5.74) is 3.60. The van der Waals surface area contributed by atoms with Crippen LogP contribution < -0.4 is 9.13 Å². The molecule has 0 heterocycles. The van der Waals surface area contributed by atoms with E-state index in [-0.39, 0.29) is 11.8 Å². The number of para-hydroxylation sites is 2. The Kier molecular flexibility index (Phi) is 6.09. The van der Waals surface area contributed by atoms with Crippen molar-refractivity contribution in [3.8, 4) is 0 Å². The smallest absolute Gasteiger partial charge is 0.287 e. The van der Waals surface area contributed by atoms with Gasteiger partial charge >= 0.3 is 0 Å². The molecule has 0 aliphatic rings. The summed E-state index contributed by atoms with van der Waals surface area (Å²) in [6.45, 7) is 4.99. The maximum absolute atomic E-state index is 12.4. The summed E-state index contributed by atoms with van der Waals surface area (Å²) in [5.74, 6) is -0.142. The molecule has 0 aromatic heterocycles. The van der Waals surface area contributed by atoms with Gasteiger partial charge in [-0.1, -0.05) is 48.2 Å². The minimum atomic E-state index is -2.25. The van der Waals surface area contributed by atoms with E-state index in [2.05, 4.69) is 0 Å². The topological polar surface area (TPSA) is 40.6 Å². The largest absolute Gasteiger partial charge is 0.320 e. The molecule has 0 saturated heterocycles. The van der Waals surface area contributed by atoms with E-state index < -0.39 is 9.12 Å². The Balaban J connectivity index is 2.56. The van der Waals surface area contributed by atoms with Crippen molar-refractivity contribution in [2.45, 2.75) is 20.8 Å². The molecule has 2 aromatic carbocycles. The van der Waals surface area contributed by atoms with Gasteiger partial charge in [0, 0.05) is 25.2 Å². The summed E-state index contributed by atoms with van der Waals surface area (Å²) in [5, 5.41) is 0. The molecule has 24 heavy (non-hydrogen) atoms. The minimum Gasteiger partial charge on any atom is -0.320 e. The van der Waals surface area contributed by atoms with Crippen molar-refractivity contribution < 1.29 is 9.59 Å². The number of carbonyl (C=O) groups excluding carboxylic acids is 2. The molecule has 0 fully saturated rings. The van der Waals surface area contributed by atoms with Gasteiger partial charge in [-0.2, -0.15) is 0 Å². The normalized spacial score (nSPS) is 10.8. The Morgan fingerprint density at radius 3 is 1.46 bits per heavy atom. The van der Waals surface area contributed by atoms with Gasteiger partial charge in [-0.25, -0.2) is 0 Å². The number of hydrogen-bond acceptors (Lipinski definition) is 2. The van der Waals surface area contributed by atoms with Crippen molar-refractivity contribution in [2.75, 3.05) is 9.13 Å². The fourth-order valence-corrected chi connectivity index (χ4v) is 5.30. The van der Waals surface area contributed by atoms with Crippen LogP contribution >= 0.6 is 0 Å². The number of amides is 2. The summed E-state index contributed by atoms with van der Waals surface area (Å²) in [4.78, 5) is 24.8. The van der Waals surface area contributed by atoms with Crippen LogP contribution in [0.5, 0.6) is 0 Å². The third-order valence-electron chi connectivity index (χ3n) is 3.64. The van der Waals surface area contributed by atoms with Crippen molar-refractivity contribution >= 4 is 32.3 Å². The maximum Gasteiger partial charge on any atom is 0.287 e. The van der Waals surface area contributed by atoms with Crippen LogP contribution in [0.1, 0.15) is 20.8 Å². The van der Waals surface area contributed by atoms with Crippen LogP contribution in [0.2, 0.25) is 0 Å². The third kappa shape index (κ3) is 4.00. The first-order chi connectivity index (χ1) is 11.6. The molecule has 0 aliphatic carbocycles. The molecule has 2 rings (SSSR count). The fraction of sp³-hybridized carbons (Fsp3) is 0.158. The molecule has 0 aliphatic heterocycles. The first-order valence-electron chi connectivity index (χ1n) is 7.88. The second-order valence-electron chi connectivity index (χ2n) is 5.39. The molecule has 5 heteroatoms. The Bertz CT molecular complexity index is 659. The van der Waals surface area contributed by atoms with Crippen LogP contribution in [-0.4, -0.2) is 20.9 Å². The highest BCUT2D eigenvalue weighted by atomic mass is 28.3. The van der Waals surface area contributed by atoms with Gasteiger partial charge in [0.1, 0.15) is 0 Å². The van der Waals surface area contributed by atoms with Crippen LogP contribution in [0, 0.1) is 0 Å². The van der Waals surface area contributed by atoms with Gasteiger partial charge in [0.25, 0.3) is 9.12 Å². The molecular formula is C19H22N2O2Si. The van der Waals surface area contributed by atoms with E-state index in [1.54, 1.807) is 23.0 Å². The lowest BCUT2D eigenvalue weighted by molar-refractivity contribution is -0.115. The molecule has 124 valence electrons. The Morgan fingerprint density at radius 2 is 1.17 bits per heavy atom. The highest BCUT2D eigenvalue weighted by Gasteiger charge is 2.31. The molecule has 2 aromatic rings. The first kappa shape index (κ1) is 17.7. The lowest BCUT2D eigenvalue weighted by atomic mass is 10.3. The van der Waals surface area contributed by atoms with Crippen molar-refractivity contribution in [3.05, 3.63) is 72.4 Å². The SMILES string of the molecule is CC=C[SiH](N(C(C)=O)c1ccccc1)N(C(C)=O)c1ccccc1. The molecule has 0 bridgehead atoms. The van der Waals surface area contributed by atoms with E-state index in [4.69, 9.17) is 0 Å². The molecule has 4 nitrogen and oxygen atoms in total. The standard InChI is InChI=1S/C19H22N2O2Si/c1-4-15-24(20(16(2)22)18-11-7-5-8-12-18)21(17(3)23)19-13-9-6-10-14-19/h4-15,24H,1-3H3. The molecule has 0 unspecified atom stereocenters. The average molecular weight is 338 g/mol.